The minimum absolute atomic E-state index is 0.360. The van der Waals surface area contributed by atoms with Crippen molar-refractivity contribution in [2.45, 2.75) is 0 Å². The third-order valence-electron chi connectivity index (χ3n) is 2.89. The normalized spacial score (nSPS) is 9.71. The molecular weight excluding hydrogens is 332 g/mol. The molecule has 0 aliphatic carbocycles. The van der Waals surface area contributed by atoms with E-state index in [0.29, 0.717) is 11.4 Å². The van der Waals surface area contributed by atoms with Crippen molar-refractivity contribution in [3.63, 3.8) is 0 Å². The molecule has 0 saturated heterocycles. The molecule has 5 amide bonds. The molecule has 2 aromatic carbocycles. The van der Waals surface area contributed by atoms with Crippen LogP contribution in [0.4, 0.5) is 21.0 Å². The topological polar surface area (TPSA) is 90.5 Å². The number of hydrogen-bond donors (Lipinski definition) is 3. The molecule has 0 aliphatic rings. The molecule has 3 N–H and O–H groups in total. The van der Waals surface area contributed by atoms with E-state index in [-0.39, 0.29) is 5.88 Å². The van der Waals surface area contributed by atoms with Gasteiger partial charge in [-0.15, -0.1) is 11.6 Å². The number of alkyl halides is 1. The quantitative estimate of drug-likeness (QED) is 0.589. The van der Waals surface area contributed by atoms with Crippen LogP contribution >= 0.6 is 11.6 Å². The third kappa shape index (κ3) is 4.72. The summed E-state index contributed by atoms with van der Waals surface area (Å²) in [7, 11) is 0. The van der Waals surface area contributed by atoms with Crippen LogP contribution in [0.1, 0.15) is 0 Å². The molecule has 2 rings (SSSR count). The number of urea groups is 2. The van der Waals surface area contributed by atoms with Crippen LogP contribution in [-0.4, -0.2) is 23.8 Å². The SMILES string of the molecule is O=C(CCl)NC(=O)NNC(=O)N(c1ccccc1)c1ccccc1. The first-order chi connectivity index (χ1) is 11.6. The second-order valence-electron chi connectivity index (χ2n) is 4.57. The number of rotatable bonds is 3. The smallest absolute Gasteiger partial charge is 0.276 e. The summed E-state index contributed by atoms with van der Waals surface area (Å²) in [6.07, 6.45) is 0. The molecule has 0 unspecified atom stereocenters. The van der Waals surface area contributed by atoms with Crippen molar-refractivity contribution >= 4 is 40.9 Å². The van der Waals surface area contributed by atoms with Crippen molar-refractivity contribution in [2.75, 3.05) is 10.8 Å². The molecule has 0 saturated carbocycles. The molecule has 0 heterocycles. The van der Waals surface area contributed by atoms with Gasteiger partial charge in [-0.2, -0.15) is 0 Å². The molecule has 24 heavy (non-hydrogen) atoms. The summed E-state index contributed by atoms with van der Waals surface area (Å²) in [5.41, 5.74) is 5.56. The Morgan fingerprint density at radius 1 is 0.833 bits per heavy atom. The molecule has 124 valence electrons. The Morgan fingerprint density at radius 3 is 1.79 bits per heavy atom. The van der Waals surface area contributed by atoms with Crippen molar-refractivity contribution in [2.24, 2.45) is 0 Å². The first kappa shape index (κ1) is 17.3. The molecule has 0 atom stereocenters. The van der Waals surface area contributed by atoms with Crippen molar-refractivity contribution in [3.05, 3.63) is 60.7 Å². The molecule has 0 radical (unpaired) electrons. The van der Waals surface area contributed by atoms with Gasteiger partial charge in [0.2, 0.25) is 5.91 Å². The lowest BCUT2D eigenvalue weighted by Crippen LogP contribution is -2.52. The highest BCUT2D eigenvalue weighted by molar-refractivity contribution is 6.28. The number of hydrazine groups is 1. The van der Waals surface area contributed by atoms with Crippen molar-refractivity contribution in [1.29, 1.82) is 0 Å². The number of halogens is 1. The Labute approximate surface area is 143 Å². The van der Waals surface area contributed by atoms with Crippen LogP contribution in [0.15, 0.2) is 60.7 Å². The van der Waals surface area contributed by atoms with Crippen molar-refractivity contribution in [3.8, 4) is 0 Å². The van der Waals surface area contributed by atoms with Crippen LogP contribution in [0.5, 0.6) is 0 Å². The fourth-order valence-electron chi connectivity index (χ4n) is 1.90. The summed E-state index contributed by atoms with van der Waals surface area (Å²) >= 11 is 5.28. The fourth-order valence-corrected chi connectivity index (χ4v) is 1.96. The lowest BCUT2D eigenvalue weighted by molar-refractivity contribution is -0.117. The van der Waals surface area contributed by atoms with E-state index in [1.54, 1.807) is 48.5 Å². The lowest BCUT2D eigenvalue weighted by atomic mass is 10.2. The first-order valence-corrected chi connectivity index (χ1v) is 7.51. The Balaban J connectivity index is 2.12. The van der Waals surface area contributed by atoms with Gasteiger partial charge in [0.1, 0.15) is 5.88 Å². The van der Waals surface area contributed by atoms with Crippen molar-refractivity contribution in [1.82, 2.24) is 16.2 Å². The number of nitrogens with zero attached hydrogens (tertiary/aromatic N) is 1. The second kappa shape index (κ2) is 8.54. The summed E-state index contributed by atoms with van der Waals surface area (Å²) < 4.78 is 0. The van der Waals surface area contributed by atoms with Crippen LogP contribution in [0.2, 0.25) is 0 Å². The molecule has 0 aliphatic heterocycles. The molecule has 2 aromatic rings. The van der Waals surface area contributed by atoms with E-state index >= 15 is 0 Å². The van der Waals surface area contributed by atoms with E-state index in [0.717, 1.165) is 0 Å². The highest BCUT2D eigenvalue weighted by Gasteiger charge is 2.18. The van der Waals surface area contributed by atoms with Crippen LogP contribution < -0.4 is 21.1 Å². The van der Waals surface area contributed by atoms with E-state index in [4.69, 9.17) is 11.6 Å². The molecule has 0 fully saturated rings. The summed E-state index contributed by atoms with van der Waals surface area (Å²) in [4.78, 5) is 36.3. The van der Waals surface area contributed by atoms with Gasteiger partial charge in [0.05, 0.1) is 11.4 Å². The fraction of sp³-hybridized carbons (Fsp3) is 0.0625. The van der Waals surface area contributed by atoms with Gasteiger partial charge >= 0.3 is 12.1 Å². The number of imide groups is 1. The van der Waals surface area contributed by atoms with Crippen molar-refractivity contribution < 1.29 is 14.4 Å². The number of para-hydroxylation sites is 2. The average Bonchev–Trinajstić information content (AvgIpc) is 2.62. The molecule has 8 heteroatoms. The minimum atomic E-state index is -0.880. The predicted octanol–water partition coefficient (Wildman–Crippen LogP) is 2.51. The number of nitrogens with one attached hydrogen (secondary N) is 3. The summed E-state index contributed by atoms with van der Waals surface area (Å²) in [6.45, 7) is 0. The van der Waals surface area contributed by atoms with Gasteiger partial charge in [-0.05, 0) is 24.3 Å². The maximum atomic E-state index is 12.5. The van der Waals surface area contributed by atoms with Gasteiger partial charge in [-0.1, -0.05) is 36.4 Å². The second-order valence-corrected chi connectivity index (χ2v) is 4.84. The number of amides is 5. The first-order valence-electron chi connectivity index (χ1n) is 6.98. The Hall–Kier alpha value is -3.06. The van der Waals surface area contributed by atoms with Gasteiger partial charge in [-0.25, -0.2) is 20.4 Å². The monoisotopic (exact) mass is 346 g/mol. The van der Waals surface area contributed by atoms with Gasteiger partial charge in [-0.3, -0.25) is 15.0 Å². The third-order valence-corrected chi connectivity index (χ3v) is 3.13. The number of carbonyl (C=O) groups excluding carboxylic acids is 3. The maximum absolute atomic E-state index is 12.5. The van der Waals surface area contributed by atoms with E-state index in [1.165, 1.54) is 4.90 Å². The standard InChI is InChI=1S/C16H15ClN4O3/c17-11-14(22)18-15(23)19-20-16(24)21(12-7-3-1-4-8-12)13-9-5-2-6-10-13/h1-10H,11H2,(H,20,24)(H2,18,19,22,23). The Morgan fingerprint density at radius 2 is 1.33 bits per heavy atom. The zero-order valence-corrected chi connectivity index (χ0v) is 13.3. The number of benzene rings is 2. The Bertz CT molecular complexity index is 670. The molecule has 7 nitrogen and oxygen atoms in total. The largest absolute Gasteiger partial charge is 0.345 e. The summed E-state index contributed by atoms with van der Waals surface area (Å²) in [6, 6.07) is 16.4. The molecular formula is C16H15ClN4O3. The Kier molecular flexibility index (Phi) is 6.16. The summed E-state index contributed by atoms with van der Waals surface area (Å²) in [5.74, 6) is -1.03. The highest BCUT2D eigenvalue weighted by atomic mass is 35.5. The average molecular weight is 347 g/mol. The lowest BCUT2D eigenvalue weighted by Gasteiger charge is -2.23. The van der Waals surface area contributed by atoms with Gasteiger partial charge in [0.25, 0.3) is 0 Å². The molecule has 0 spiro atoms. The van der Waals surface area contributed by atoms with Crippen LogP contribution in [0.25, 0.3) is 0 Å². The highest BCUT2D eigenvalue weighted by Crippen LogP contribution is 2.24. The minimum Gasteiger partial charge on any atom is -0.276 e. The zero-order chi connectivity index (χ0) is 17.4. The molecule has 0 aromatic heterocycles. The van der Waals surface area contributed by atoms with E-state index < -0.39 is 18.0 Å². The maximum Gasteiger partial charge on any atom is 0.345 e. The van der Waals surface area contributed by atoms with E-state index in [9.17, 15) is 14.4 Å². The van der Waals surface area contributed by atoms with Crippen LogP contribution in [0.3, 0.4) is 0 Å². The molecule has 0 bridgehead atoms. The van der Waals surface area contributed by atoms with Gasteiger partial charge in [0, 0.05) is 0 Å². The van der Waals surface area contributed by atoms with Gasteiger partial charge < -0.3 is 0 Å². The summed E-state index contributed by atoms with van der Waals surface area (Å²) in [5, 5.41) is 1.95. The van der Waals surface area contributed by atoms with E-state index in [1.807, 2.05) is 17.4 Å². The predicted molar refractivity (Wildman–Crippen MR) is 90.9 cm³/mol. The zero-order valence-electron chi connectivity index (χ0n) is 12.5. The van der Waals surface area contributed by atoms with Crippen LogP contribution in [-0.2, 0) is 4.79 Å². The van der Waals surface area contributed by atoms with Gasteiger partial charge in [0.15, 0.2) is 0 Å². The number of carbonyl (C=O) groups is 3. The van der Waals surface area contributed by atoms with Crippen LogP contribution in [0, 0.1) is 0 Å². The number of hydrogen-bond acceptors (Lipinski definition) is 3. The number of anilines is 2. The van der Waals surface area contributed by atoms with E-state index in [2.05, 4.69) is 10.9 Å².